The Kier molecular flexibility index (Phi) is 9.03. The molecule has 1 unspecified atom stereocenters. The molecule has 72 heavy (non-hydrogen) atoms. The van der Waals surface area contributed by atoms with Crippen molar-refractivity contribution >= 4 is 38.5 Å². The number of anilines is 3. The van der Waals surface area contributed by atoms with Gasteiger partial charge in [0.15, 0.2) is 0 Å². The van der Waals surface area contributed by atoms with Crippen LogP contribution in [-0.2, 0) is 10.8 Å². The third-order valence-electron chi connectivity index (χ3n) is 16.0. The molecule has 0 N–H and O–H groups in total. The first-order valence-corrected chi connectivity index (χ1v) is 25.8. The Morgan fingerprint density at radius 3 is 1.38 bits per heavy atom. The van der Waals surface area contributed by atoms with E-state index in [-0.39, 0.29) is 5.41 Å². The van der Waals surface area contributed by atoms with Crippen LogP contribution in [0.5, 0.6) is 0 Å². The van der Waals surface area contributed by atoms with Gasteiger partial charge in [0, 0.05) is 26.6 Å². The normalized spacial score (nSPS) is 15.1. The second-order valence-corrected chi connectivity index (χ2v) is 20.5. The Morgan fingerprint density at radius 2 is 0.722 bits per heavy atom. The van der Waals surface area contributed by atoms with Crippen molar-refractivity contribution < 1.29 is 0 Å². The van der Waals surface area contributed by atoms with Gasteiger partial charge in [-0.1, -0.05) is 224 Å². The Balaban J connectivity index is 0.883. The van der Waals surface area contributed by atoms with Crippen LogP contribution >= 0.6 is 11.3 Å². The molecule has 11 aromatic carbocycles. The number of benzene rings is 11. The maximum atomic E-state index is 2.46. The van der Waals surface area contributed by atoms with E-state index in [1.165, 1.54) is 110 Å². The first-order valence-electron chi connectivity index (χ1n) is 25.0. The Morgan fingerprint density at radius 1 is 0.278 bits per heavy atom. The largest absolute Gasteiger partial charge is 0.310 e. The summed E-state index contributed by atoms with van der Waals surface area (Å²) in [6, 6.07) is 102. The lowest BCUT2D eigenvalue weighted by atomic mass is 9.67. The quantitative estimate of drug-likeness (QED) is 0.154. The molecular formula is C70H45NS. The van der Waals surface area contributed by atoms with Crippen molar-refractivity contribution in [3.8, 4) is 54.9 Å². The minimum atomic E-state index is -0.513. The van der Waals surface area contributed by atoms with Crippen LogP contribution in [0.25, 0.3) is 65.0 Å². The van der Waals surface area contributed by atoms with Gasteiger partial charge in [-0.3, -0.25) is 0 Å². The molecule has 0 radical (unpaired) electrons. The fourth-order valence-electron chi connectivity index (χ4n) is 13.0. The van der Waals surface area contributed by atoms with Crippen LogP contribution in [0.1, 0.15) is 44.5 Å². The van der Waals surface area contributed by atoms with Gasteiger partial charge in [0.2, 0.25) is 0 Å². The number of thiophene rings is 1. The summed E-state index contributed by atoms with van der Waals surface area (Å²) < 4.78 is 1.34. The Bertz CT molecular complexity index is 4040. The number of hydrogen-bond donors (Lipinski definition) is 0. The highest BCUT2D eigenvalue weighted by atomic mass is 32.1. The monoisotopic (exact) mass is 931 g/mol. The number of hydrogen-bond acceptors (Lipinski definition) is 2. The zero-order valence-electron chi connectivity index (χ0n) is 39.3. The van der Waals surface area contributed by atoms with Crippen LogP contribution in [0, 0.1) is 0 Å². The molecule has 0 bridgehead atoms. The van der Waals surface area contributed by atoms with Gasteiger partial charge in [0.05, 0.1) is 10.8 Å². The molecule has 0 saturated carbocycles. The smallest absolute Gasteiger partial charge is 0.0740 e. The fourth-order valence-corrected chi connectivity index (χ4v) is 14.3. The van der Waals surface area contributed by atoms with Crippen molar-refractivity contribution in [1.82, 2.24) is 0 Å². The molecular weight excluding hydrogens is 887 g/mol. The third-order valence-corrected chi connectivity index (χ3v) is 17.2. The van der Waals surface area contributed by atoms with E-state index in [1.807, 2.05) is 11.3 Å². The second-order valence-electron chi connectivity index (χ2n) is 19.5. The molecule has 12 aromatic rings. The summed E-state index contributed by atoms with van der Waals surface area (Å²) in [6.45, 7) is 0. The predicted octanol–water partition coefficient (Wildman–Crippen LogP) is 18.4. The number of rotatable bonds is 7. The molecule has 0 aliphatic heterocycles. The highest BCUT2D eigenvalue weighted by Crippen LogP contribution is 2.66. The molecule has 3 aliphatic carbocycles. The summed E-state index contributed by atoms with van der Waals surface area (Å²) in [5.74, 6) is 0. The van der Waals surface area contributed by atoms with Gasteiger partial charge in [-0.2, -0.15) is 0 Å². The zero-order chi connectivity index (χ0) is 47.4. The summed E-state index contributed by atoms with van der Waals surface area (Å²) in [7, 11) is 0. The first kappa shape index (κ1) is 41.0. The second kappa shape index (κ2) is 15.8. The lowest BCUT2D eigenvalue weighted by molar-refractivity contribution is 0.768. The van der Waals surface area contributed by atoms with Crippen molar-refractivity contribution in [1.29, 1.82) is 0 Å². The fraction of sp³-hybridized carbons (Fsp3) is 0.0286. The van der Waals surface area contributed by atoms with Gasteiger partial charge in [0.25, 0.3) is 0 Å². The maximum Gasteiger partial charge on any atom is 0.0740 e. The van der Waals surface area contributed by atoms with Crippen LogP contribution < -0.4 is 4.90 Å². The van der Waals surface area contributed by atoms with E-state index >= 15 is 0 Å². The molecule has 336 valence electrons. The van der Waals surface area contributed by atoms with Crippen LogP contribution in [0.3, 0.4) is 0 Å². The number of nitrogens with zero attached hydrogens (tertiary/aromatic N) is 1. The third kappa shape index (κ3) is 5.70. The van der Waals surface area contributed by atoms with Gasteiger partial charge in [-0.15, -0.1) is 11.3 Å². The average Bonchev–Trinajstić information content (AvgIpc) is 4.17. The van der Waals surface area contributed by atoms with Crippen molar-refractivity contribution in [3.63, 3.8) is 0 Å². The minimum Gasteiger partial charge on any atom is -0.310 e. The summed E-state index contributed by atoms with van der Waals surface area (Å²) in [5, 5.41) is 1.36. The van der Waals surface area contributed by atoms with E-state index in [0.29, 0.717) is 0 Å². The maximum absolute atomic E-state index is 2.46. The standard InChI is InChI=1S/C70H45NS/c1-4-18-46(19-5-1)47-32-37-52(38-33-47)71(54-41-42-57-55-24-10-14-28-61(55)69(65(57)45-54,50-20-6-2-7-21-50)51-22-8-3-9-23-51)53-39-34-48(35-40-53)49-36-43-64-60(44-49)56-25-11-15-29-62(56)70(64)63-30-16-12-26-58(63)68-67(70)59-27-13-17-31-66(59)72-68/h1-45H. The van der Waals surface area contributed by atoms with Crippen LogP contribution in [-0.4, -0.2) is 0 Å². The Labute approximate surface area is 424 Å². The molecule has 0 saturated heterocycles. The molecule has 1 spiro atoms. The lowest BCUT2D eigenvalue weighted by Gasteiger charge is -2.35. The van der Waals surface area contributed by atoms with Gasteiger partial charge in [0.1, 0.15) is 0 Å². The van der Waals surface area contributed by atoms with E-state index < -0.39 is 5.41 Å². The first-order chi connectivity index (χ1) is 35.7. The topological polar surface area (TPSA) is 3.24 Å². The van der Waals surface area contributed by atoms with Crippen LogP contribution in [0.15, 0.2) is 273 Å². The molecule has 1 aromatic heterocycles. The summed E-state index contributed by atoms with van der Waals surface area (Å²) in [4.78, 5) is 3.83. The molecule has 1 nitrogen and oxygen atoms in total. The van der Waals surface area contributed by atoms with E-state index in [9.17, 15) is 0 Å². The van der Waals surface area contributed by atoms with Crippen molar-refractivity contribution in [2.75, 3.05) is 4.90 Å². The van der Waals surface area contributed by atoms with E-state index in [1.54, 1.807) is 0 Å². The van der Waals surface area contributed by atoms with Crippen molar-refractivity contribution in [2.24, 2.45) is 0 Å². The summed E-state index contributed by atoms with van der Waals surface area (Å²) >= 11 is 1.94. The summed E-state index contributed by atoms with van der Waals surface area (Å²) in [6.07, 6.45) is 0. The molecule has 2 heteroatoms. The van der Waals surface area contributed by atoms with E-state index in [4.69, 9.17) is 0 Å². The lowest BCUT2D eigenvalue weighted by Crippen LogP contribution is -2.28. The Hall–Kier alpha value is -8.82. The highest BCUT2D eigenvalue weighted by molar-refractivity contribution is 7.22. The van der Waals surface area contributed by atoms with Gasteiger partial charge >= 0.3 is 0 Å². The molecule has 0 amide bonds. The van der Waals surface area contributed by atoms with Gasteiger partial charge < -0.3 is 4.90 Å². The van der Waals surface area contributed by atoms with Crippen molar-refractivity contribution in [3.05, 3.63) is 317 Å². The van der Waals surface area contributed by atoms with Crippen LogP contribution in [0.2, 0.25) is 0 Å². The average molecular weight is 932 g/mol. The molecule has 3 aliphatic rings. The van der Waals surface area contributed by atoms with Crippen molar-refractivity contribution in [2.45, 2.75) is 10.8 Å². The van der Waals surface area contributed by atoms with E-state index in [2.05, 4.69) is 278 Å². The molecule has 1 atom stereocenters. The number of fused-ring (bicyclic) bond motifs is 15. The minimum absolute atomic E-state index is 0.383. The highest BCUT2D eigenvalue weighted by Gasteiger charge is 2.53. The van der Waals surface area contributed by atoms with Crippen LogP contribution in [0.4, 0.5) is 17.1 Å². The molecule has 0 fully saturated rings. The predicted molar refractivity (Wildman–Crippen MR) is 301 cm³/mol. The zero-order valence-corrected chi connectivity index (χ0v) is 40.2. The van der Waals surface area contributed by atoms with Gasteiger partial charge in [-0.25, -0.2) is 0 Å². The van der Waals surface area contributed by atoms with Gasteiger partial charge in [-0.05, 0) is 148 Å². The summed E-state index contributed by atoms with van der Waals surface area (Å²) in [5.41, 5.74) is 24.4. The molecule has 1 heterocycles. The SMILES string of the molecule is c1ccc(-c2ccc(N(c3ccc(-c4ccc5c(c4)-c4ccccc4C54c5ccccc5-c5sc6ccccc6c54)cc3)c3ccc4c(c3)C(c3ccccc3)(c3ccccc3)c3ccccc3-4)cc2)cc1. The molecule has 15 rings (SSSR count). The van der Waals surface area contributed by atoms with E-state index in [0.717, 1.165) is 17.1 Å².